The first-order valence-corrected chi connectivity index (χ1v) is 6.76. The Labute approximate surface area is 116 Å². The molecule has 3 rings (SSSR count). The molecule has 0 saturated carbocycles. The van der Waals surface area contributed by atoms with Gasteiger partial charge in [0.2, 0.25) is 0 Å². The van der Waals surface area contributed by atoms with Crippen LogP contribution in [0.2, 0.25) is 5.02 Å². The molecule has 0 bridgehead atoms. The van der Waals surface area contributed by atoms with E-state index in [1.165, 1.54) is 11.8 Å². The van der Waals surface area contributed by atoms with E-state index in [0.717, 1.165) is 31.6 Å². The molecule has 0 radical (unpaired) electrons. The Morgan fingerprint density at radius 1 is 1.42 bits per heavy atom. The molecule has 100 valence electrons. The van der Waals surface area contributed by atoms with E-state index in [4.69, 9.17) is 11.6 Å². The van der Waals surface area contributed by atoms with Crippen molar-refractivity contribution in [2.24, 2.45) is 0 Å². The summed E-state index contributed by atoms with van der Waals surface area (Å²) in [4.78, 5) is 2.33. The van der Waals surface area contributed by atoms with Crippen molar-refractivity contribution in [3.63, 3.8) is 0 Å². The van der Waals surface area contributed by atoms with Crippen LogP contribution in [0, 0.1) is 5.82 Å². The number of rotatable bonds is 3. The van der Waals surface area contributed by atoms with Gasteiger partial charge in [-0.1, -0.05) is 17.7 Å². The number of likely N-dealkylation sites (tertiary alicyclic amines) is 1. The van der Waals surface area contributed by atoms with Crippen LogP contribution in [0.4, 0.5) is 4.39 Å². The van der Waals surface area contributed by atoms with Gasteiger partial charge in [-0.15, -0.1) is 0 Å². The maximum Gasteiger partial charge on any atom is 0.142 e. The van der Waals surface area contributed by atoms with Crippen molar-refractivity contribution in [2.45, 2.75) is 18.9 Å². The highest BCUT2D eigenvalue weighted by molar-refractivity contribution is 6.30. The van der Waals surface area contributed by atoms with Gasteiger partial charge in [-0.2, -0.15) is 5.10 Å². The largest absolute Gasteiger partial charge is 0.298 e. The normalized spacial score (nSPS) is 20.0. The van der Waals surface area contributed by atoms with Gasteiger partial charge in [0.1, 0.15) is 5.82 Å². The smallest absolute Gasteiger partial charge is 0.142 e. The van der Waals surface area contributed by atoms with Crippen molar-refractivity contribution in [1.29, 1.82) is 0 Å². The van der Waals surface area contributed by atoms with E-state index in [2.05, 4.69) is 15.1 Å². The van der Waals surface area contributed by atoms with Crippen LogP contribution >= 0.6 is 11.6 Å². The molecule has 1 saturated heterocycles. The van der Waals surface area contributed by atoms with Crippen molar-refractivity contribution >= 4 is 11.6 Å². The summed E-state index contributed by atoms with van der Waals surface area (Å²) in [5.74, 6) is 0.156. The van der Waals surface area contributed by atoms with E-state index in [1.807, 2.05) is 12.1 Å². The van der Waals surface area contributed by atoms with Crippen LogP contribution in [-0.2, 0) is 6.54 Å². The van der Waals surface area contributed by atoms with Gasteiger partial charge in [0.05, 0.1) is 5.02 Å². The van der Waals surface area contributed by atoms with Crippen LogP contribution < -0.4 is 0 Å². The molecule has 2 aromatic rings. The number of H-pyrrole nitrogens is 1. The van der Waals surface area contributed by atoms with Crippen LogP contribution in [0.3, 0.4) is 0 Å². The zero-order chi connectivity index (χ0) is 13.2. The van der Waals surface area contributed by atoms with Crippen LogP contribution in [-0.4, -0.2) is 28.2 Å². The Morgan fingerprint density at radius 3 is 3.05 bits per heavy atom. The molecule has 1 aromatic carbocycles. The molecule has 2 heterocycles. The summed E-state index contributed by atoms with van der Waals surface area (Å²) in [6.45, 7) is 2.76. The second-order valence-corrected chi connectivity index (χ2v) is 5.39. The lowest BCUT2D eigenvalue weighted by atomic mass is 10.1. The summed E-state index contributed by atoms with van der Waals surface area (Å²) in [7, 11) is 0. The van der Waals surface area contributed by atoms with E-state index < -0.39 is 0 Å². The number of nitrogens with zero attached hydrogens (tertiary/aromatic N) is 2. The first-order chi connectivity index (χ1) is 9.22. The minimum atomic E-state index is -0.344. The molecule has 1 aliphatic heterocycles. The summed E-state index contributed by atoms with van der Waals surface area (Å²) < 4.78 is 13.4. The Kier molecular flexibility index (Phi) is 3.53. The molecule has 19 heavy (non-hydrogen) atoms. The lowest BCUT2D eigenvalue weighted by Crippen LogP contribution is -2.19. The number of hydrogen-bond acceptors (Lipinski definition) is 2. The molecule has 1 atom stereocenters. The molecule has 0 amide bonds. The standard InChI is InChI=1S/C14H15ClFN3/c15-12-2-1-10(7-13(12)16)8-19-6-4-11(9-19)14-3-5-17-18-14/h1-3,5,7,11H,4,6,8-9H2,(H,17,18)/t11-/m1/s1. The van der Waals surface area contributed by atoms with Gasteiger partial charge < -0.3 is 0 Å². The molecular formula is C14H15ClFN3. The van der Waals surface area contributed by atoms with Crippen LogP contribution in [0.1, 0.15) is 23.6 Å². The SMILES string of the molecule is Fc1cc(CN2CC[C@@H](c3ccn[nH]3)C2)ccc1Cl. The third-order valence-corrected chi connectivity index (χ3v) is 3.93. The summed E-state index contributed by atoms with van der Waals surface area (Å²) in [5, 5.41) is 7.20. The minimum Gasteiger partial charge on any atom is -0.298 e. The van der Waals surface area contributed by atoms with Gasteiger partial charge in [-0.3, -0.25) is 10.00 Å². The number of halogens is 2. The molecule has 1 N–H and O–H groups in total. The molecule has 1 fully saturated rings. The monoisotopic (exact) mass is 279 g/mol. The van der Waals surface area contributed by atoms with Crippen molar-refractivity contribution in [3.8, 4) is 0 Å². The average Bonchev–Trinajstić information content (AvgIpc) is 3.04. The first-order valence-electron chi connectivity index (χ1n) is 6.38. The molecule has 0 spiro atoms. The molecule has 1 aromatic heterocycles. The van der Waals surface area contributed by atoms with Gasteiger partial charge in [0.25, 0.3) is 0 Å². The quantitative estimate of drug-likeness (QED) is 0.936. The van der Waals surface area contributed by atoms with Gasteiger partial charge in [-0.05, 0) is 36.7 Å². The number of benzene rings is 1. The topological polar surface area (TPSA) is 31.9 Å². The van der Waals surface area contributed by atoms with E-state index in [-0.39, 0.29) is 10.8 Å². The van der Waals surface area contributed by atoms with Crippen LogP contribution in [0.15, 0.2) is 30.5 Å². The van der Waals surface area contributed by atoms with Crippen molar-refractivity contribution in [2.75, 3.05) is 13.1 Å². The minimum absolute atomic E-state index is 0.181. The van der Waals surface area contributed by atoms with Crippen molar-refractivity contribution in [3.05, 3.63) is 52.6 Å². The predicted octanol–water partition coefficient (Wildman–Crippen LogP) is 3.19. The second kappa shape index (κ2) is 5.31. The molecule has 3 nitrogen and oxygen atoms in total. The summed E-state index contributed by atoms with van der Waals surface area (Å²) >= 11 is 5.69. The molecule has 0 aliphatic carbocycles. The lowest BCUT2D eigenvalue weighted by Gasteiger charge is -2.15. The fraction of sp³-hybridized carbons (Fsp3) is 0.357. The highest BCUT2D eigenvalue weighted by Gasteiger charge is 2.24. The van der Waals surface area contributed by atoms with Gasteiger partial charge in [0, 0.05) is 30.9 Å². The average molecular weight is 280 g/mol. The second-order valence-electron chi connectivity index (χ2n) is 4.98. The van der Waals surface area contributed by atoms with E-state index in [1.54, 1.807) is 12.3 Å². The summed E-state index contributed by atoms with van der Waals surface area (Å²) in [5.41, 5.74) is 2.15. The molecule has 5 heteroatoms. The van der Waals surface area contributed by atoms with Crippen molar-refractivity contribution < 1.29 is 4.39 Å². The molecule has 1 aliphatic rings. The molecule has 0 unspecified atom stereocenters. The van der Waals surface area contributed by atoms with Gasteiger partial charge in [-0.25, -0.2) is 4.39 Å². The number of hydrogen-bond donors (Lipinski definition) is 1. The number of aromatic amines is 1. The Bertz CT molecular complexity index is 556. The first kappa shape index (κ1) is 12.6. The Morgan fingerprint density at radius 2 is 2.32 bits per heavy atom. The highest BCUT2D eigenvalue weighted by Crippen LogP contribution is 2.27. The third-order valence-electron chi connectivity index (χ3n) is 3.62. The maximum atomic E-state index is 13.4. The third kappa shape index (κ3) is 2.80. The van der Waals surface area contributed by atoms with E-state index in [0.29, 0.717) is 5.92 Å². The fourth-order valence-corrected chi connectivity index (χ4v) is 2.74. The highest BCUT2D eigenvalue weighted by atomic mass is 35.5. The van der Waals surface area contributed by atoms with E-state index in [9.17, 15) is 4.39 Å². The lowest BCUT2D eigenvalue weighted by molar-refractivity contribution is 0.326. The van der Waals surface area contributed by atoms with E-state index >= 15 is 0 Å². The van der Waals surface area contributed by atoms with Gasteiger partial charge in [0.15, 0.2) is 0 Å². The predicted molar refractivity (Wildman–Crippen MR) is 72.6 cm³/mol. The maximum absolute atomic E-state index is 13.4. The zero-order valence-corrected chi connectivity index (χ0v) is 11.2. The number of aromatic nitrogens is 2. The Balaban J connectivity index is 1.64. The summed E-state index contributed by atoms with van der Waals surface area (Å²) in [6, 6.07) is 7.05. The summed E-state index contributed by atoms with van der Waals surface area (Å²) in [6.07, 6.45) is 2.89. The van der Waals surface area contributed by atoms with Crippen LogP contribution in [0.5, 0.6) is 0 Å². The fourth-order valence-electron chi connectivity index (χ4n) is 2.62. The van der Waals surface area contributed by atoms with Crippen molar-refractivity contribution in [1.82, 2.24) is 15.1 Å². The Hall–Kier alpha value is -1.39. The molecular weight excluding hydrogens is 265 g/mol. The van der Waals surface area contributed by atoms with Crippen LogP contribution in [0.25, 0.3) is 0 Å². The number of nitrogens with one attached hydrogen (secondary N) is 1. The van der Waals surface area contributed by atoms with Gasteiger partial charge >= 0.3 is 0 Å². The zero-order valence-electron chi connectivity index (χ0n) is 10.4.